The molecule has 1 heterocycles. The molecule has 3 heteroatoms. The summed E-state index contributed by atoms with van der Waals surface area (Å²) in [5, 5.41) is 0. The van der Waals surface area contributed by atoms with Crippen LogP contribution in [0.4, 0.5) is 0 Å². The highest BCUT2D eigenvalue weighted by atomic mass is 16.6. The van der Waals surface area contributed by atoms with Gasteiger partial charge in [-0.3, -0.25) is 0 Å². The van der Waals surface area contributed by atoms with Gasteiger partial charge < -0.3 is 15.2 Å². The molecule has 2 N–H and O–H groups in total. The van der Waals surface area contributed by atoms with Crippen molar-refractivity contribution in [1.82, 2.24) is 0 Å². The summed E-state index contributed by atoms with van der Waals surface area (Å²) in [7, 11) is 0. The predicted octanol–water partition coefficient (Wildman–Crippen LogP) is 1.48. The predicted molar refractivity (Wildman–Crippen MR) is 54.3 cm³/mol. The SMILES string of the molecule is C[C@H](N)c1ccc(OC2COC2)cc1. The van der Waals surface area contributed by atoms with Crippen molar-refractivity contribution in [2.24, 2.45) is 5.73 Å². The first-order chi connectivity index (χ1) is 6.75. The van der Waals surface area contributed by atoms with E-state index in [1.807, 2.05) is 31.2 Å². The Morgan fingerprint density at radius 2 is 2.00 bits per heavy atom. The van der Waals surface area contributed by atoms with Crippen molar-refractivity contribution < 1.29 is 9.47 Å². The molecule has 1 saturated heterocycles. The minimum absolute atomic E-state index is 0.0797. The average Bonchev–Trinajstić information content (AvgIpc) is 2.12. The number of hydrogen-bond donors (Lipinski definition) is 1. The maximum Gasteiger partial charge on any atom is 0.145 e. The lowest BCUT2D eigenvalue weighted by Crippen LogP contribution is -2.38. The van der Waals surface area contributed by atoms with Crippen molar-refractivity contribution in [3.63, 3.8) is 0 Å². The van der Waals surface area contributed by atoms with Crippen LogP contribution in [0.2, 0.25) is 0 Å². The van der Waals surface area contributed by atoms with Crippen LogP contribution in [0, 0.1) is 0 Å². The number of nitrogens with two attached hydrogens (primary N) is 1. The molecule has 0 bridgehead atoms. The first-order valence-corrected chi connectivity index (χ1v) is 4.85. The van der Waals surface area contributed by atoms with E-state index in [9.17, 15) is 0 Å². The van der Waals surface area contributed by atoms with Crippen molar-refractivity contribution >= 4 is 0 Å². The van der Waals surface area contributed by atoms with Gasteiger partial charge in [-0.05, 0) is 24.6 Å². The molecule has 76 valence electrons. The lowest BCUT2D eigenvalue weighted by atomic mass is 10.1. The van der Waals surface area contributed by atoms with E-state index < -0.39 is 0 Å². The quantitative estimate of drug-likeness (QED) is 0.790. The highest BCUT2D eigenvalue weighted by molar-refractivity contribution is 5.29. The Kier molecular flexibility index (Phi) is 2.70. The van der Waals surface area contributed by atoms with Gasteiger partial charge in [0.05, 0.1) is 13.2 Å². The van der Waals surface area contributed by atoms with Gasteiger partial charge in [-0.25, -0.2) is 0 Å². The summed E-state index contributed by atoms with van der Waals surface area (Å²) < 4.78 is 10.6. The molecule has 0 aromatic heterocycles. The first-order valence-electron chi connectivity index (χ1n) is 4.85. The third-order valence-electron chi connectivity index (χ3n) is 2.32. The van der Waals surface area contributed by atoms with Crippen LogP contribution in [0.3, 0.4) is 0 Å². The van der Waals surface area contributed by atoms with Gasteiger partial charge in [-0.2, -0.15) is 0 Å². The molecule has 1 aliphatic rings. The molecular weight excluding hydrogens is 178 g/mol. The highest BCUT2D eigenvalue weighted by Gasteiger charge is 2.19. The summed E-state index contributed by atoms with van der Waals surface area (Å²) in [6, 6.07) is 7.99. The molecule has 0 unspecified atom stereocenters. The molecule has 0 amide bonds. The zero-order valence-corrected chi connectivity index (χ0v) is 8.27. The third-order valence-corrected chi connectivity index (χ3v) is 2.32. The van der Waals surface area contributed by atoms with Crippen LogP contribution in [-0.2, 0) is 4.74 Å². The van der Waals surface area contributed by atoms with Gasteiger partial charge >= 0.3 is 0 Å². The van der Waals surface area contributed by atoms with Crippen molar-refractivity contribution in [3.05, 3.63) is 29.8 Å². The zero-order chi connectivity index (χ0) is 9.97. The van der Waals surface area contributed by atoms with Crippen LogP contribution in [0.25, 0.3) is 0 Å². The molecule has 2 rings (SSSR count). The average molecular weight is 193 g/mol. The molecule has 1 atom stereocenters. The Labute approximate surface area is 83.8 Å². The molecule has 3 nitrogen and oxygen atoms in total. The van der Waals surface area contributed by atoms with E-state index in [-0.39, 0.29) is 12.1 Å². The number of ether oxygens (including phenoxy) is 2. The standard InChI is InChI=1S/C11H15NO2/c1-8(12)9-2-4-10(5-3-9)14-11-6-13-7-11/h2-5,8,11H,6-7,12H2,1H3/t8-/m0/s1. The molecule has 1 aromatic carbocycles. The maximum absolute atomic E-state index is 5.74. The molecule has 1 aromatic rings. The Morgan fingerprint density at radius 1 is 1.36 bits per heavy atom. The van der Waals surface area contributed by atoms with Gasteiger partial charge in [-0.1, -0.05) is 12.1 Å². The molecule has 1 aliphatic heterocycles. The molecule has 1 fully saturated rings. The lowest BCUT2D eigenvalue weighted by Gasteiger charge is -2.26. The summed E-state index contributed by atoms with van der Waals surface area (Å²) in [5.41, 5.74) is 6.87. The molecule has 0 saturated carbocycles. The minimum Gasteiger partial charge on any atom is -0.486 e. The maximum atomic E-state index is 5.74. The van der Waals surface area contributed by atoms with Crippen molar-refractivity contribution in [1.29, 1.82) is 0 Å². The van der Waals surface area contributed by atoms with Crippen LogP contribution in [0.5, 0.6) is 5.75 Å². The van der Waals surface area contributed by atoms with E-state index >= 15 is 0 Å². The Bertz CT molecular complexity index is 291. The van der Waals surface area contributed by atoms with Gasteiger partial charge in [-0.15, -0.1) is 0 Å². The summed E-state index contributed by atoms with van der Waals surface area (Å²) in [6.07, 6.45) is 0.233. The Hall–Kier alpha value is -1.06. The van der Waals surface area contributed by atoms with Crippen LogP contribution in [-0.4, -0.2) is 19.3 Å². The first kappa shape index (κ1) is 9.49. The van der Waals surface area contributed by atoms with Crippen LogP contribution in [0.15, 0.2) is 24.3 Å². The molecule has 0 radical (unpaired) electrons. The van der Waals surface area contributed by atoms with E-state index in [2.05, 4.69) is 0 Å². The number of hydrogen-bond acceptors (Lipinski definition) is 3. The molecule has 14 heavy (non-hydrogen) atoms. The third kappa shape index (κ3) is 2.05. The summed E-state index contributed by atoms with van der Waals surface area (Å²) in [4.78, 5) is 0. The van der Waals surface area contributed by atoms with E-state index in [1.165, 1.54) is 0 Å². The highest BCUT2D eigenvalue weighted by Crippen LogP contribution is 2.18. The molecular formula is C11H15NO2. The Balaban J connectivity index is 1.98. The fourth-order valence-electron chi connectivity index (χ4n) is 1.32. The normalized spacial score (nSPS) is 18.7. The second-order valence-corrected chi connectivity index (χ2v) is 3.64. The fourth-order valence-corrected chi connectivity index (χ4v) is 1.32. The van der Waals surface area contributed by atoms with E-state index in [4.69, 9.17) is 15.2 Å². The van der Waals surface area contributed by atoms with Gasteiger partial charge in [0.15, 0.2) is 0 Å². The van der Waals surface area contributed by atoms with Crippen molar-refractivity contribution in [3.8, 4) is 5.75 Å². The summed E-state index contributed by atoms with van der Waals surface area (Å²) in [6.45, 7) is 3.37. The summed E-state index contributed by atoms with van der Waals surface area (Å²) in [5.74, 6) is 0.891. The Morgan fingerprint density at radius 3 is 2.43 bits per heavy atom. The minimum atomic E-state index is 0.0797. The van der Waals surface area contributed by atoms with Gasteiger partial charge in [0.2, 0.25) is 0 Å². The number of benzene rings is 1. The van der Waals surface area contributed by atoms with Crippen molar-refractivity contribution in [2.75, 3.05) is 13.2 Å². The monoisotopic (exact) mass is 193 g/mol. The van der Waals surface area contributed by atoms with E-state index in [0.717, 1.165) is 11.3 Å². The fraction of sp³-hybridized carbons (Fsp3) is 0.455. The smallest absolute Gasteiger partial charge is 0.145 e. The van der Waals surface area contributed by atoms with Gasteiger partial charge in [0.1, 0.15) is 11.9 Å². The van der Waals surface area contributed by atoms with Gasteiger partial charge in [0, 0.05) is 6.04 Å². The van der Waals surface area contributed by atoms with Crippen LogP contribution >= 0.6 is 0 Å². The second kappa shape index (κ2) is 3.98. The van der Waals surface area contributed by atoms with Crippen molar-refractivity contribution in [2.45, 2.75) is 19.1 Å². The van der Waals surface area contributed by atoms with Gasteiger partial charge in [0.25, 0.3) is 0 Å². The largest absolute Gasteiger partial charge is 0.486 e. The molecule has 0 spiro atoms. The van der Waals surface area contributed by atoms with Crippen LogP contribution in [0.1, 0.15) is 18.5 Å². The van der Waals surface area contributed by atoms with E-state index in [1.54, 1.807) is 0 Å². The zero-order valence-electron chi connectivity index (χ0n) is 8.27. The molecule has 0 aliphatic carbocycles. The second-order valence-electron chi connectivity index (χ2n) is 3.64. The summed E-state index contributed by atoms with van der Waals surface area (Å²) >= 11 is 0. The lowest BCUT2D eigenvalue weighted by molar-refractivity contribution is -0.0796. The van der Waals surface area contributed by atoms with E-state index in [0.29, 0.717) is 13.2 Å². The number of rotatable bonds is 3. The topological polar surface area (TPSA) is 44.5 Å². The van der Waals surface area contributed by atoms with Crippen LogP contribution < -0.4 is 10.5 Å².